The summed E-state index contributed by atoms with van der Waals surface area (Å²) in [6.45, 7) is -3.06. The maximum atomic E-state index is 12.4. The van der Waals surface area contributed by atoms with Gasteiger partial charge in [-0.3, -0.25) is 9.52 Å². The van der Waals surface area contributed by atoms with Gasteiger partial charge in [-0.05, 0) is 42.5 Å². The molecule has 26 heavy (non-hydrogen) atoms. The number of nitrogens with one attached hydrogen (secondary N) is 2. The Morgan fingerprint density at radius 1 is 1.04 bits per heavy atom. The highest BCUT2D eigenvalue weighted by molar-refractivity contribution is 7.92. The van der Waals surface area contributed by atoms with Crippen LogP contribution >= 0.6 is 0 Å². The van der Waals surface area contributed by atoms with Crippen LogP contribution in [0.25, 0.3) is 0 Å². The minimum atomic E-state index is -3.40. The van der Waals surface area contributed by atoms with Crippen LogP contribution < -0.4 is 19.5 Å². The largest absolute Gasteiger partial charge is 0.493 e. The van der Waals surface area contributed by atoms with Crippen molar-refractivity contribution in [3.63, 3.8) is 0 Å². The molecule has 0 aliphatic heterocycles. The third-order valence-electron chi connectivity index (χ3n) is 3.09. The SMILES string of the molecule is COc1ccc(C(=O)Nc2ccc(NS(C)(=O)=O)cc2)cc1OC(F)F. The van der Waals surface area contributed by atoms with Gasteiger partial charge in [-0.25, -0.2) is 8.42 Å². The van der Waals surface area contributed by atoms with Gasteiger partial charge in [0.15, 0.2) is 11.5 Å². The molecule has 0 heterocycles. The van der Waals surface area contributed by atoms with Crippen LogP contribution in [0.3, 0.4) is 0 Å². The van der Waals surface area contributed by atoms with E-state index in [0.717, 1.165) is 12.3 Å². The molecule has 10 heteroatoms. The van der Waals surface area contributed by atoms with Gasteiger partial charge in [-0.15, -0.1) is 0 Å². The van der Waals surface area contributed by atoms with Gasteiger partial charge >= 0.3 is 6.61 Å². The third kappa shape index (κ3) is 5.59. The molecule has 140 valence electrons. The Morgan fingerprint density at radius 3 is 2.19 bits per heavy atom. The van der Waals surface area contributed by atoms with Gasteiger partial charge in [0.05, 0.1) is 13.4 Å². The normalized spacial score (nSPS) is 11.1. The summed E-state index contributed by atoms with van der Waals surface area (Å²) >= 11 is 0. The van der Waals surface area contributed by atoms with Crippen LogP contribution in [0.1, 0.15) is 10.4 Å². The average molecular weight is 386 g/mol. The highest BCUT2D eigenvalue weighted by Crippen LogP contribution is 2.29. The summed E-state index contributed by atoms with van der Waals surface area (Å²) in [6.07, 6.45) is 1.02. The molecule has 0 radical (unpaired) electrons. The first-order chi connectivity index (χ1) is 12.2. The summed E-state index contributed by atoms with van der Waals surface area (Å²) in [5, 5.41) is 2.57. The molecule has 0 saturated carbocycles. The topological polar surface area (TPSA) is 93.7 Å². The number of ether oxygens (including phenoxy) is 2. The first-order valence-corrected chi connectivity index (χ1v) is 9.09. The van der Waals surface area contributed by atoms with Crippen molar-refractivity contribution in [3.8, 4) is 11.5 Å². The van der Waals surface area contributed by atoms with E-state index in [1.807, 2.05) is 0 Å². The van der Waals surface area contributed by atoms with Gasteiger partial charge in [0, 0.05) is 16.9 Å². The smallest absolute Gasteiger partial charge is 0.387 e. The Labute approximate surface area is 149 Å². The fourth-order valence-electron chi connectivity index (χ4n) is 2.04. The Hall–Kier alpha value is -2.88. The van der Waals surface area contributed by atoms with Gasteiger partial charge in [0.1, 0.15) is 0 Å². The molecule has 2 N–H and O–H groups in total. The summed E-state index contributed by atoms with van der Waals surface area (Å²) in [4.78, 5) is 12.3. The minimum absolute atomic E-state index is 0.0676. The lowest BCUT2D eigenvalue weighted by molar-refractivity contribution is -0.0512. The number of alkyl halides is 2. The number of rotatable bonds is 7. The van der Waals surface area contributed by atoms with E-state index in [0.29, 0.717) is 11.4 Å². The van der Waals surface area contributed by atoms with Crippen LogP contribution in [0.15, 0.2) is 42.5 Å². The van der Waals surface area contributed by atoms with E-state index in [1.54, 1.807) is 0 Å². The number of hydrogen-bond donors (Lipinski definition) is 2. The predicted molar refractivity (Wildman–Crippen MR) is 92.5 cm³/mol. The average Bonchev–Trinajstić information content (AvgIpc) is 2.54. The molecule has 0 aliphatic carbocycles. The molecule has 0 fully saturated rings. The quantitative estimate of drug-likeness (QED) is 0.763. The summed E-state index contributed by atoms with van der Waals surface area (Å²) in [5.41, 5.74) is 0.809. The first kappa shape index (κ1) is 19.4. The molecular weight excluding hydrogens is 370 g/mol. The summed E-state index contributed by atoms with van der Waals surface area (Å²) in [6, 6.07) is 9.79. The van der Waals surface area contributed by atoms with Crippen LogP contribution in [0.4, 0.5) is 20.2 Å². The van der Waals surface area contributed by atoms with Crippen molar-refractivity contribution < 1.29 is 31.5 Å². The highest BCUT2D eigenvalue weighted by atomic mass is 32.2. The molecule has 0 aliphatic rings. The number of hydrogen-bond acceptors (Lipinski definition) is 5. The van der Waals surface area contributed by atoms with Crippen molar-refractivity contribution in [3.05, 3.63) is 48.0 Å². The van der Waals surface area contributed by atoms with E-state index in [1.165, 1.54) is 43.5 Å². The van der Waals surface area contributed by atoms with Gasteiger partial charge in [0.25, 0.3) is 5.91 Å². The molecular formula is C16H16F2N2O5S. The molecule has 2 aromatic carbocycles. The molecule has 7 nitrogen and oxygen atoms in total. The van der Waals surface area contributed by atoms with Crippen molar-refractivity contribution in [1.29, 1.82) is 0 Å². The van der Waals surface area contributed by atoms with Crippen LogP contribution in [0.5, 0.6) is 11.5 Å². The van der Waals surface area contributed by atoms with E-state index in [2.05, 4.69) is 14.8 Å². The Morgan fingerprint density at radius 2 is 1.65 bits per heavy atom. The first-order valence-electron chi connectivity index (χ1n) is 7.20. The Balaban J connectivity index is 2.14. The Kier molecular flexibility index (Phi) is 5.98. The molecule has 0 atom stereocenters. The van der Waals surface area contributed by atoms with Crippen LogP contribution in [-0.4, -0.2) is 34.3 Å². The van der Waals surface area contributed by atoms with Gasteiger partial charge in [-0.1, -0.05) is 0 Å². The number of anilines is 2. The zero-order valence-electron chi connectivity index (χ0n) is 13.8. The van der Waals surface area contributed by atoms with Crippen LogP contribution in [-0.2, 0) is 10.0 Å². The number of sulfonamides is 1. The van der Waals surface area contributed by atoms with Gasteiger partial charge in [0.2, 0.25) is 10.0 Å². The number of benzene rings is 2. The predicted octanol–water partition coefficient (Wildman–Crippen LogP) is 2.92. The van der Waals surface area contributed by atoms with Crippen molar-refractivity contribution >= 4 is 27.3 Å². The third-order valence-corrected chi connectivity index (χ3v) is 3.69. The minimum Gasteiger partial charge on any atom is -0.493 e. The number of carbonyl (C=O) groups is 1. The summed E-state index contributed by atoms with van der Waals surface area (Å²) in [5.74, 6) is -0.753. The van der Waals surface area contributed by atoms with Crippen LogP contribution in [0, 0.1) is 0 Å². The van der Waals surface area contributed by atoms with E-state index in [-0.39, 0.29) is 17.1 Å². The number of methoxy groups -OCH3 is 1. The lowest BCUT2D eigenvalue weighted by Crippen LogP contribution is -2.13. The summed E-state index contributed by atoms with van der Waals surface area (Å²) < 4.78 is 58.7. The van der Waals surface area contributed by atoms with E-state index < -0.39 is 22.5 Å². The number of amides is 1. The monoisotopic (exact) mass is 386 g/mol. The highest BCUT2D eigenvalue weighted by Gasteiger charge is 2.15. The molecule has 0 unspecified atom stereocenters. The Bertz CT molecular complexity index is 886. The fourth-order valence-corrected chi connectivity index (χ4v) is 2.61. The standard InChI is InChI=1S/C16H16F2N2O5S/c1-24-13-8-3-10(9-14(13)25-16(17)18)15(21)19-11-4-6-12(7-5-11)20-26(2,22)23/h3-9,16,20H,1-2H3,(H,19,21). The zero-order valence-corrected chi connectivity index (χ0v) is 14.6. The molecule has 0 bridgehead atoms. The second kappa shape index (κ2) is 8.00. The second-order valence-corrected chi connectivity index (χ2v) is 6.90. The summed E-state index contributed by atoms with van der Waals surface area (Å²) in [7, 11) is -2.11. The number of carbonyl (C=O) groups excluding carboxylic acids is 1. The van der Waals surface area contributed by atoms with E-state index >= 15 is 0 Å². The van der Waals surface area contributed by atoms with Crippen molar-refractivity contribution in [2.24, 2.45) is 0 Å². The molecule has 2 aromatic rings. The molecule has 1 amide bonds. The van der Waals surface area contributed by atoms with Crippen molar-refractivity contribution in [1.82, 2.24) is 0 Å². The number of halogens is 2. The van der Waals surface area contributed by atoms with Crippen LogP contribution in [0.2, 0.25) is 0 Å². The van der Waals surface area contributed by atoms with Gasteiger partial charge < -0.3 is 14.8 Å². The zero-order chi connectivity index (χ0) is 19.3. The fraction of sp³-hybridized carbons (Fsp3) is 0.188. The lowest BCUT2D eigenvalue weighted by atomic mass is 10.2. The molecule has 0 aromatic heterocycles. The molecule has 2 rings (SSSR count). The second-order valence-electron chi connectivity index (χ2n) is 5.15. The molecule has 0 saturated heterocycles. The maximum absolute atomic E-state index is 12.4. The lowest BCUT2D eigenvalue weighted by Gasteiger charge is -2.12. The van der Waals surface area contributed by atoms with E-state index in [4.69, 9.17) is 4.74 Å². The van der Waals surface area contributed by atoms with Crippen molar-refractivity contribution in [2.75, 3.05) is 23.4 Å². The van der Waals surface area contributed by atoms with Crippen molar-refractivity contribution in [2.45, 2.75) is 6.61 Å². The van der Waals surface area contributed by atoms with Gasteiger partial charge in [-0.2, -0.15) is 8.78 Å². The van der Waals surface area contributed by atoms with E-state index in [9.17, 15) is 22.0 Å². The maximum Gasteiger partial charge on any atom is 0.387 e. The molecule has 0 spiro atoms.